The van der Waals surface area contributed by atoms with Crippen LogP contribution in [-0.2, 0) is 6.42 Å². The van der Waals surface area contributed by atoms with Crippen LogP contribution in [0.2, 0.25) is 0 Å². The lowest BCUT2D eigenvalue weighted by molar-refractivity contribution is 0.0993. The second-order valence-corrected chi connectivity index (χ2v) is 8.13. The molecule has 0 radical (unpaired) electrons. The molecule has 5 heteroatoms. The second kappa shape index (κ2) is 5.78. The molecule has 0 atom stereocenters. The standard InChI is InChI=1S/C12H7Br3OS/c13-8-3-1-7(2-4-8)5-10(16)9-6-11(14)17-12(9)15/h1-4,6H,5H2. The van der Waals surface area contributed by atoms with Gasteiger partial charge in [0.15, 0.2) is 5.78 Å². The first kappa shape index (κ1) is 13.5. The van der Waals surface area contributed by atoms with Gasteiger partial charge in [0.05, 0.1) is 7.57 Å². The van der Waals surface area contributed by atoms with Crippen molar-refractivity contribution in [2.24, 2.45) is 0 Å². The van der Waals surface area contributed by atoms with E-state index in [0.29, 0.717) is 6.42 Å². The van der Waals surface area contributed by atoms with Crippen LogP contribution in [0.3, 0.4) is 0 Å². The van der Waals surface area contributed by atoms with E-state index < -0.39 is 0 Å². The first-order valence-corrected chi connectivity index (χ1v) is 7.98. The molecule has 0 unspecified atom stereocenters. The fraction of sp³-hybridized carbons (Fsp3) is 0.0833. The highest BCUT2D eigenvalue weighted by Crippen LogP contribution is 2.32. The van der Waals surface area contributed by atoms with Gasteiger partial charge >= 0.3 is 0 Å². The van der Waals surface area contributed by atoms with Crippen molar-refractivity contribution in [3.63, 3.8) is 0 Å². The number of halogens is 3. The van der Waals surface area contributed by atoms with Gasteiger partial charge in [-0.25, -0.2) is 0 Å². The summed E-state index contributed by atoms with van der Waals surface area (Å²) in [4.78, 5) is 12.1. The number of ketones is 1. The van der Waals surface area contributed by atoms with Crippen molar-refractivity contribution in [2.45, 2.75) is 6.42 Å². The van der Waals surface area contributed by atoms with E-state index in [0.717, 1.165) is 23.2 Å². The van der Waals surface area contributed by atoms with E-state index in [1.807, 2.05) is 30.3 Å². The van der Waals surface area contributed by atoms with Crippen molar-refractivity contribution >= 4 is 64.9 Å². The first-order valence-electron chi connectivity index (χ1n) is 4.79. The van der Waals surface area contributed by atoms with Gasteiger partial charge in [0.1, 0.15) is 0 Å². The van der Waals surface area contributed by atoms with Crippen molar-refractivity contribution in [2.75, 3.05) is 0 Å². The molecule has 1 aromatic carbocycles. The molecule has 1 nitrogen and oxygen atoms in total. The van der Waals surface area contributed by atoms with Crippen LogP contribution in [0, 0.1) is 0 Å². The van der Waals surface area contributed by atoms with Gasteiger partial charge in [0.2, 0.25) is 0 Å². The number of thiophene rings is 1. The zero-order chi connectivity index (χ0) is 12.4. The van der Waals surface area contributed by atoms with Crippen LogP contribution >= 0.6 is 59.1 Å². The summed E-state index contributed by atoms with van der Waals surface area (Å²) in [6.45, 7) is 0. The van der Waals surface area contributed by atoms with Crippen LogP contribution in [0.4, 0.5) is 0 Å². The summed E-state index contributed by atoms with van der Waals surface area (Å²) in [5.41, 5.74) is 1.76. The fourth-order valence-electron chi connectivity index (χ4n) is 1.41. The lowest BCUT2D eigenvalue weighted by Gasteiger charge is -2.00. The van der Waals surface area contributed by atoms with E-state index in [4.69, 9.17) is 0 Å². The summed E-state index contributed by atoms with van der Waals surface area (Å²) in [6, 6.07) is 9.66. The lowest BCUT2D eigenvalue weighted by atomic mass is 10.1. The maximum absolute atomic E-state index is 12.1. The van der Waals surface area contributed by atoms with E-state index in [1.165, 1.54) is 11.3 Å². The summed E-state index contributed by atoms with van der Waals surface area (Å²) in [5.74, 6) is 0.126. The molecule has 1 aromatic heterocycles. The molecule has 0 amide bonds. The Morgan fingerprint density at radius 2 is 1.76 bits per heavy atom. The smallest absolute Gasteiger partial charge is 0.169 e. The van der Waals surface area contributed by atoms with Crippen molar-refractivity contribution in [1.29, 1.82) is 0 Å². The Morgan fingerprint density at radius 3 is 2.29 bits per heavy atom. The molecule has 0 aliphatic heterocycles. The molecule has 0 bridgehead atoms. The number of carbonyl (C=O) groups is 1. The van der Waals surface area contributed by atoms with Crippen LogP contribution in [0.1, 0.15) is 15.9 Å². The zero-order valence-electron chi connectivity index (χ0n) is 8.54. The lowest BCUT2D eigenvalue weighted by Crippen LogP contribution is -2.02. The molecular formula is C12H7Br3OS. The molecule has 1 heterocycles. The molecule has 0 spiro atoms. The van der Waals surface area contributed by atoms with Gasteiger partial charge in [0, 0.05) is 16.5 Å². The summed E-state index contributed by atoms with van der Waals surface area (Å²) in [5, 5.41) is 0. The second-order valence-electron chi connectivity index (χ2n) is 3.46. The van der Waals surface area contributed by atoms with Crippen LogP contribution in [0.15, 0.2) is 42.4 Å². The van der Waals surface area contributed by atoms with Crippen LogP contribution < -0.4 is 0 Å². The molecule has 2 aromatic rings. The molecule has 0 saturated heterocycles. The van der Waals surface area contributed by atoms with Crippen LogP contribution in [0.5, 0.6) is 0 Å². The molecule has 0 N–H and O–H groups in total. The zero-order valence-corrected chi connectivity index (χ0v) is 14.1. The third-order valence-electron chi connectivity index (χ3n) is 2.24. The number of carbonyl (C=O) groups excluding carboxylic acids is 1. The number of rotatable bonds is 3. The predicted octanol–water partition coefficient (Wildman–Crippen LogP) is 5.46. The van der Waals surface area contributed by atoms with Gasteiger partial charge in [-0.3, -0.25) is 4.79 Å². The maximum Gasteiger partial charge on any atom is 0.169 e. The van der Waals surface area contributed by atoms with Crippen molar-refractivity contribution < 1.29 is 4.79 Å². The fourth-order valence-corrected chi connectivity index (χ4v) is 4.53. The third kappa shape index (κ3) is 3.50. The van der Waals surface area contributed by atoms with Gasteiger partial charge in [-0.1, -0.05) is 28.1 Å². The van der Waals surface area contributed by atoms with Crippen LogP contribution in [0.25, 0.3) is 0 Å². The quantitative estimate of drug-likeness (QED) is 0.581. The minimum Gasteiger partial charge on any atom is -0.294 e. The molecule has 0 aliphatic carbocycles. The number of hydrogen-bond acceptors (Lipinski definition) is 2. The Bertz CT molecular complexity index is 545. The molecule has 0 saturated carbocycles. The van der Waals surface area contributed by atoms with Gasteiger partial charge in [-0.2, -0.15) is 0 Å². The minimum absolute atomic E-state index is 0.126. The average molecular weight is 439 g/mol. The van der Waals surface area contributed by atoms with E-state index in [2.05, 4.69) is 47.8 Å². The van der Waals surface area contributed by atoms with Gasteiger partial charge in [-0.15, -0.1) is 11.3 Å². The predicted molar refractivity (Wildman–Crippen MR) is 81.9 cm³/mol. The Balaban J connectivity index is 2.17. The van der Waals surface area contributed by atoms with Crippen LogP contribution in [-0.4, -0.2) is 5.78 Å². The topological polar surface area (TPSA) is 17.1 Å². The molecule has 0 fully saturated rings. The number of hydrogen-bond donors (Lipinski definition) is 0. The van der Waals surface area contributed by atoms with Gasteiger partial charge in [-0.05, 0) is 55.6 Å². The highest BCUT2D eigenvalue weighted by Gasteiger charge is 2.13. The summed E-state index contributed by atoms with van der Waals surface area (Å²) >= 11 is 11.7. The normalized spacial score (nSPS) is 10.5. The Kier molecular flexibility index (Phi) is 4.58. The van der Waals surface area contributed by atoms with Crippen molar-refractivity contribution in [1.82, 2.24) is 0 Å². The maximum atomic E-state index is 12.1. The highest BCUT2D eigenvalue weighted by molar-refractivity contribution is 9.12. The number of Topliss-reactive ketones (excluding diaryl/α,β-unsaturated/α-hetero) is 1. The third-order valence-corrected chi connectivity index (χ3v) is 5.10. The van der Waals surface area contributed by atoms with E-state index >= 15 is 0 Å². The van der Waals surface area contributed by atoms with E-state index in [-0.39, 0.29) is 5.78 Å². The van der Waals surface area contributed by atoms with Gasteiger partial charge < -0.3 is 0 Å². The van der Waals surface area contributed by atoms with Crippen molar-refractivity contribution in [3.8, 4) is 0 Å². The Morgan fingerprint density at radius 1 is 1.12 bits per heavy atom. The molecule has 88 valence electrons. The Hall–Kier alpha value is 0.0300. The van der Waals surface area contributed by atoms with E-state index in [1.54, 1.807) is 0 Å². The summed E-state index contributed by atoms with van der Waals surface area (Å²) in [7, 11) is 0. The number of benzene rings is 1. The summed E-state index contributed by atoms with van der Waals surface area (Å²) in [6.07, 6.45) is 0.426. The van der Waals surface area contributed by atoms with E-state index in [9.17, 15) is 4.79 Å². The molecular weight excluding hydrogens is 432 g/mol. The summed E-state index contributed by atoms with van der Waals surface area (Å²) < 4.78 is 2.86. The molecule has 17 heavy (non-hydrogen) atoms. The van der Waals surface area contributed by atoms with Crippen molar-refractivity contribution in [3.05, 3.63) is 53.5 Å². The SMILES string of the molecule is O=C(Cc1ccc(Br)cc1)c1cc(Br)sc1Br. The largest absolute Gasteiger partial charge is 0.294 e. The monoisotopic (exact) mass is 436 g/mol. The minimum atomic E-state index is 0.126. The molecule has 2 rings (SSSR count). The highest BCUT2D eigenvalue weighted by atomic mass is 79.9. The molecule has 0 aliphatic rings. The van der Waals surface area contributed by atoms with Gasteiger partial charge in [0.25, 0.3) is 0 Å². The average Bonchev–Trinajstić information content (AvgIpc) is 2.61. The Labute approximate surface area is 129 Å². The first-order chi connectivity index (χ1) is 8.06.